The average Bonchev–Trinajstić information content (AvgIpc) is 3.52. The van der Waals surface area contributed by atoms with Crippen molar-refractivity contribution >= 4 is 23.2 Å². The quantitative estimate of drug-likeness (QED) is 0.335. The monoisotopic (exact) mass is 440 g/mol. The fourth-order valence-corrected chi connectivity index (χ4v) is 4.13. The van der Waals surface area contributed by atoms with Crippen molar-refractivity contribution in [1.82, 2.24) is 0 Å². The van der Waals surface area contributed by atoms with E-state index < -0.39 is 0 Å². The van der Waals surface area contributed by atoms with Crippen molar-refractivity contribution in [1.29, 1.82) is 0 Å². The molecule has 2 atom stereocenters. The van der Waals surface area contributed by atoms with Gasteiger partial charge in [0.05, 0.1) is 5.02 Å². The molecular weight excluding hydrogens is 416 g/mol. The summed E-state index contributed by atoms with van der Waals surface area (Å²) >= 11 is 6.33. The molecule has 0 amide bonds. The molecule has 3 aromatic rings. The first kappa shape index (κ1) is 22.1. The fraction of sp³-hybridized carbons (Fsp3) is 0.241. The molecule has 0 aliphatic heterocycles. The lowest BCUT2D eigenvalue weighted by Crippen LogP contribution is -2.09. The number of hydrogen-bond donors (Lipinski definition) is 0. The Morgan fingerprint density at radius 2 is 1.66 bits per heavy atom. The Morgan fingerprint density at radius 1 is 0.938 bits per heavy atom. The Bertz CT molecular complexity index is 1230. The van der Waals surface area contributed by atoms with Crippen molar-refractivity contribution in [2.24, 2.45) is 11.8 Å². The van der Waals surface area contributed by atoms with Crippen LogP contribution in [0.25, 0.3) is 0 Å². The van der Waals surface area contributed by atoms with Crippen LogP contribution in [0.5, 0.6) is 0 Å². The molecule has 0 heterocycles. The second kappa shape index (κ2) is 9.55. The van der Waals surface area contributed by atoms with E-state index in [1.165, 1.54) is 0 Å². The Labute approximate surface area is 194 Å². The summed E-state index contributed by atoms with van der Waals surface area (Å²) in [6, 6.07) is 21.1. The van der Waals surface area contributed by atoms with Gasteiger partial charge >= 0.3 is 0 Å². The molecule has 1 fully saturated rings. The maximum Gasteiger partial charge on any atom is 0.168 e. The van der Waals surface area contributed by atoms with Crippen molar-refractivity contribution in [2.45, 2.75) is 33.1 Å². The topological polar surface area (TPSA) is 34.1 Å². The summed E-state index contributed by atoms with van der Waals surface area (Å²) < 4.78 is 0. The lowest BCUT2D eigenvalue weighted by Gasteiger charge is -2.09. The number of carbonyl (C=O) groups is 2. The predicted octanol–water partition coefficient (Wildman–Crippen LogP) is 6.24. The van der Waals surface area contributed by atoms with Crippen LogP contribution in [0.2, 0.25) is 5.02 Å². The highest BCUT2D eigenvalue weighted by Crippen LogP contribution is 2.39. The van der Waals surface area contributed by atoms with E-state index in [-0.39, 0.29) is 23.9 Å². The van der Waals surface area contributed by atoms with Crippen LogP contribution in [-0.4, -0.2) is 11.6 Å². The second-order valence-corrected chi connectivity index (χ2v) is 9.04. The van der Waals surface area contributed by atoms with E-state index in [1.807, 2.05) is 61.5 Å². The highest BCUT2D eigenvalue weighted by atomic mass is 35.5. The Morgan fingerprint density at radius 3 is 2.34 bits per heavy atom. The van der Waals surface area contributed by atoms with Gasteiger partial charge in [0.15, 0.2) is 5.78 Å². The molecule has 3 aromatic carbocycles. The number of halogens is 1. The Balaban J connectivity index is 1.47. The maximum absolute atomic E-state index is 13.0. The Kier molecular flexibility index (Phi) is 6.58. The third-order valence-corrected chi connectivity index (χ3v) is 6.38. The van der Waals surface area contributed by atoms with E-state index in [4.69, 9.17) is 11.6 Å². The summed E-state index contributed by atoms with van der Waals surface area (Å²) in [4.78, 5) is 25.4. The molecule has 160 valence electrons. The van der Waals surface area contributed by atoms with Crippen LogP contribution >= 0.6 is 11.6 Å². The zero-order valence-corrected chi connectivity index (χ0v) is 19.1. The van der Waals surface area contributed by atoms with Gasteiger partial charge in [0.25, 0.3) is 0 Å². The van der Waals surface area contributed by atoms with Gasteiger partial charge in [-0.25, -0.2) is 0 Å². The highest BCUT2D eigenvalue weighted by Gasteiger charge is 2.38. The van der Waals surface area contributed by atoms with Gasteiger partial charge in [-0.05, 0) is 72.4 Å². The van der Waals surface area contributed by atoms with Gasteiger partial charge in [-0.15, -0.1) is 0 Å². The van der Waals surface area contributed by atoms with E-state index in [1.54, 1.807) is 12.1 Å². The highest BCUT2D eigenvalue weighted by molar-refractivity contribution is 6.34. The lowest BCUT2D eigenvalue weighted by atomic mass is 9.95. The standard InChI is InChI=1S/C29H25ClO2/c1-19-14-22(9-8-21-6-4-3-5-7-21)10-12-24(19)18-29(32)26-16-23(11-13-27(26)30)17-28(31)25-15-20(25)2/h3-7,10-14,16,20,25H,15,17-18H2,1-2H3/t20-,25-/m1/s1. The van der Waals surface area contributed by atoms with Crippen LogP contribution in [0.4, 0.5) is 0 Å². The normalized spacial score (nSPS) is 16.7. The minimum Gasteiger partial charge on any atom is -0.299 e. The molecule has 1 aliphatic carbocycles. The Hall–Kier alpha value is -3.15. The number of ketones is 2. The molecule has 2 nitrogen and oxygen atoms in total. The van der Waals surface area contributed by atoms with Gasteiger partial charge in [0.2, 0.25) is 0 Å². The second-order valence-electron chi connectivity index (χ2n) is 8.63. The largest absolute Gasteiger partial charge is 0.299 e. The van der Waals surface area contributed by atoms with Crippen LogP contribution in [-0.2, 0) is 17.6 Å². The SMILES string of the molecule is Cc1cc(C#Cc2ccccc2)ccc1CC(=O)c1cc(CC(=O)[C@@H]2C[C@H]2C)ccc1Cl. The summed E-state index contributed by atoms with van der Waals surface area (Å²) in [5.74, 6) is 7.20. The summed E-state index contributed by atoms with van der Waals surface area (Å²) in [5, 5.41) is 0.425. The smallest absolute Gasteiger partial charge is 0.168 e. The number of benzene rings is 3. The van der Waals surface area contributed by atoms with E-state index in [0.717, 1.165) is 34.2 Å². The molecule has 1 aliphatic rings. The van der Waals surface area contributed by atoms with Crippen molar-refractivity contribution in [3.05, 3.63) is 105 Å². The molecule has 0 spiro atoms. The minimum absolute atomic E-state index is 0.0460. The van der Waals surface area contributed by atoms with Crippen molar-refractivity contribution in [3.8, 4) is 11.8 Å². The first-order valence-electron chi connectivity index (χ1n) is 10.9. The van der Waals surface area contributed by atoms with Crippen LogP contribution in [0.15, 0.2) is 66.7 Å². The molecule has 0 aromatic heterocycles. The third-order valence-electron chi connectivity index (χ3n) is 6.05. The van der Waals surface area contributed by atoms with Gasteiger partial charge in [-0.3, -0.25) is 9.59 Å². The summed E-state index contributed by atoms with van der Waals surface area (Å²) in [6.07, 6.45) is 1.60. The summed E-state index contributed by atoms with van der Waals surface area (Å²) in [7, 11) is 0. The molecule has 0 N–H and O–H groups in total. The van der Waals surface area contributed by atoms with E-state index in [9.17, 15) is 9.59 Å². The molecule has 1 saturated carbocycles. The zero-order chi connectivity index (χ0) is 22.7. The van der Waals surface area contributed by atoms with E-state index in [0.29, 0.717) is 22.9 Å². The van der Waals surface area contributed by atoms with Crippen molar-refractivity contribution in [3.63, 3.8) is 0 Å². The van der Waals surface area contributed by atoms with E-state index >= 15 is 0 Å². The molecule has 0 bridgehead atoms. The van der Waals surface area contributed by atoms with Gasteiger partial charge in [-0.2, -0.15) is 0 Å². The average molecular weight is 441 g/mol. The van der Waals surface area contributed by atoms with Gasteiger partial charge in [-0.1, -0.05) is 60.7 Å². The molecule has 4 rings (SSSR count). The minimum atomic E-state index is -0.0460. The van der Waals surface area contributed by atoms with Crippen LogP contribution < -0.4 is 0 Å². The maximum atomic E-state index is 13.0. The number of carbonyl (C=O) groups excluding carboxylic acids is 2. The molecular formula is C29H25ClO2. The van der Waals surface area contributed by atoms with Crippen LogP contribution in [0, 0.1) is 30.6 Å². The van der Waals surface area contributed by atoms with Crippen LogP contribution in [0.3, 0.4) is 0 Å². The number of aryl methyl sites for hydroxylation is 1. The van der Waals surface area contributed by atoms with Gasteiger partial charge in [0.1, 0.15) is 5.78 Å². The number of rotatable bonds is 6. The molecule has 0 radical (unpaired) electrons. The predicted molar refractivity (Wildman–Crippen MR) is 129 cm³/mol. The molecule has 0 saturated heterocycles. The lowest BCUT2D eigenvalue weighted by molar-refractivity contribution is -0.119. The fourth-order valence-electron chi connectivity index (χ4n) is 3.91. The van der Waals surface area contributed by atoms with Crippen molar-refractivity contribution < 1.29 is 9.59 Å². The first-order chi connectivity index (χ1) is 15.4. The van der Waals surface area contributed by atoms with Gasteiger partial charge < -0.3 is 0 Å². The summed E-state index contributed by atoms with van der Waals surface area (Å²) in [6.45, 7) is 4.09. The molecule has 32 heavy (non-hydrogen) atoms. The number of hydrogen-bond acceptors (Lipinski definition) is 2. The first-order valence-corrected chi connectivity index (χ1v) is 11.3. The summed E-state index contributed by atoms with van der Waals surface area (Å²) in [5.41, 5.74) is 5.18. The zero-order valence-electron chi connectivity index (χ0n) is 18.3. The van der Waals surface area contributed by atoms with Crippen molar-refractivity contribution in [2.75, 3.05) is 0 Å². The third kappa shape index (κ3) is 5.36. The van der Waals surface area contributed by atoms with Gasteiger partial charge in [0, 0.05) is 35.4 Å². The number of Topliss-reactive ketones (excluding diaryl/α,β-unsaturated/α-hetero) is 2. The molecule has 3 heteroatoms. The molecule has 0 unspecified atom stereocenters. The van der Waals surface area contributed by atoms with E-state index in [2.05, 4.69) is 18.8 Å². The van der Waals surface area contributed by atoms with Crippen LogP contribution in [0.1, 0.15) is 51.5 Å².